The number of nitrogens with one attached hydrogen (secondary N) is 1. The van der Waals surface area contributed by atoms with Gasteiger partial charge in [0.25, 0.3) is 5.91 Å². The molecule has 1 aromatic rings. The summed E-state index contributed by atoms with van der Waals surface area (Å²) in [6, 6.07) is 2.96. The highest BCUT2D eigenvalue weighted by Gasteiger charge is 2.20. The van der Waals surface area contributed by atoms with E-state index in [-0.39, 0.29) is 11.1 Å². The summed E-state index contributed by atoms with van der Waals surface area (Å²) in [5, 5.41) is 2.74. The number of carbonyl (C=O) groups excluding carboxylic acids is 1. The predicted octanol–water partition coefficient (Wildman–Crippen LogP) is 2.14. The number of nitrogens with zero attached hydrogens (tertiary/aromatic N) is 1. The molecule has 0 saturated carbocycles. The molecule has 0 aliphatic carbocycles. The zero-order chi connectivity index (χ0) is 11.5. The summed E-state index contributed by atoms with van der Waals surface area (Å²) in [7, 11) is 0. The van der Waals surface area contributed by atoms with Crippen molar-refractivity contribution in [2.75, 3.05) is 0 Å². The van der Waals surface area contributed by atoms with Gasteiger partial charge in [-0.15, -0.1) is 0 Å². The molecular weight excluding hydrogens is 195 g/mol. The monoisotopic (exact) mass is 210 g/mol. The molecule has 0 bridgehead atoms. The Morgan fingerprint density at radius 3 is 2.80 bits per heavy atom. The van der Waals surface area contributed by atoms with Crippen LogP contribution in [-0.4, -0.2) is 16.4 Å². The largest absolute Gasteiger partial charge is 0.347 e. The normalized spacial score (nSPS) is 11.2. The lowest BCUT2D eigenvalue weighted by atomic mass is 10.0. The molecule has 1 amide bonds. The lowest BCUT2D eigenvalue weighted by Crippen LogP contribution is -2.43. The lowest BCUT2D eigenvalue weighted by Gasteiger charge is -2.24. The molecule has 4 heteroatoms. The molecule has 0 radical (unpaired) electrons. The minimum absolute atomic E-state index is 0.0148. The fourth-order valence-corrected chi connectivity index (χ4v) is 1.02. The molecule has 1 heterocycles. The van der Waals surface area contributed by atoms with E-state index >= 15 is 0 Å². The van der Waals surface area contributed by atoms with Crippen LogP contribution in [0.3, 0.4) is 0 Å². The molecule has 0 saturated heterocycles. The average Bonchev–Trinajstić information content (AvgIpc) is 2.17. The molecule has 0 aromatic carbocycles. The van der Waals surface area contributed by atoms with Crippen LogP contribution < -0.4 is 5.32 Å². The van der Waals surface area contributed by atoms with Crippen molar-refractivity contribution in [3.05, 3.63) is 29.8 Å². The van der Waals surface area contributed by atoms with Crippen LogP contribution in [-0.2, 0) is 0 Å². The highest BCUT2D eigenvalue weighted by atomic mass is 19.1. The van der Waals surface area contributed by atoms with Crippen LogP contribution in [0.2, 0.25) is 0 Å². The number of aromatic nitrogens is 1. The summed E-state index contributed by atoms with van der Waals surface area (Å²) in [6.07, 6.45) is 2.09. The number of carbonyl (C=O) groups is 1. The summed E-state index contributed by atoms with van der Waals surface area (Å²) < 4.78 is 13.1. The first-order valence-corrected chi connectivity index (χ1v) is 4.89. The van der Waals surface area contributed by atoms with Crippen molar-refractivity contribution in [2.45, 2.75) is 32.7 Å². The first-order chi connectivity index (χ1) is 6.96. The van der Waals surface area contributed by atoms with E-state index in [0.717, 1.165) is 6.42 Å². The molecule has 0 fully saturated rings. The van der Waals surface area contributed by atoms with Crippen LogP contribution in [0, 0.1) is 5.95 Å². The Bertz CT molecular complexity index is 363. The molecule has 82 valence electrons. The predicted molar refractivity (Wildman–Crippen MR) is 56.0 cm³/mol. The van der Waals surface area contributed by atoms with E-state index in [1.54, 1.807) is 0 Å². The van der Waals surface area contributed by atoms with Crippen molar-refractivity contribution in [1.29, 1.82) is 0 Å². The SMILES string of the molecule is CCC(C)(C)NC(=O)c1cccnc1F. The van der Waals surface area contributed by atoms with E-state index < -0.39 is 11.9 Å². The van der Waals surface area contributed by atoms with Gasteiger partial charge in [-0.1, -0.05) is 6.92 Å². The topological polar surface area (TPSA) is 42.0 Å². The number of hydrogen-bond donors (Lipinski definition) is 1. The Balaban J connectivity index is 2.83. The van der Waals surface area contributed by atoms with Gasteiger partial charge in [0.05, 0.1) is 5.56 Å². The van der Waals surface area contributed by atoms with Gasteiger partial charge in [0.15, 0.2) is 0 Å². The molecule has 1 N–H and O–H groups in total. The van der Waals surface area contributed by atoms with E-state index in [0.29, 0.717) is 0 Å². The van der Waals surface area contributed by atoms with Crippen molar-refractivity contribution in [3.63, 3.8) is 0 Å². The summed E-state index contributed by atoms with van der Waals surface area (Å²) >= 11 is 0. The van der Waals surface area contributed by atoms with Gasteiger partial charge in [-0.25, -0.2) is 4.98 Å². The van der Waals surface area contributed by atoms with Crippen LogP contribution in [0.1, 0.15) is 37.6 Å². The Hall–Kier alpha value is -1.45. The fraction of sp³-hybridized carbons (Fsp3) is 0.455. The van der Waals surface area contributed by atoms with Gasteiger partial charge in [0, 0.05) is 11.7 Å². The third-order valence-electron chi connectivity index (χ3n) is 2.34. The molecule has 0 spiro atoms. The maximum atomic E-state index is 13.1. The summed E-state index contributed by atoms with van der Waals surface area (Å²) in [4.78, 5) is 15.1. The lowest BCUT2D eigenvalue weighted by molar-refractivity contribution is 0.0906. The smallest absolute Gasteiger partial charge is 0.256 e. The molecule has 0 atom stereocenters. The second-order valence-electron chi connectivity index (χ2n) is 4.03. The average molecular weight is 210 g/mol. The van der Waals surface area contributed by atoms with E-state index in [2.05, 4.69) is 10.3 Å². The third kappa shape index (κ3) is 3.01. The summed E-state index contributed by atoms with van der Waals surface area (Å²) in [5.41, 5.74) is -0.349. The van der Waals surface area contributed by atoms with Crippen molar-refractivity contribution in [1.82, 2.24) is 10.3 Å². The molecule has 0 aliphatic rings. The number of hydrogen-bond acceptors (Lipinski definition) is 2. The van der Waals surface area contributed by atoms with Crippen LogP contribution >= 0.6 is 0 Å². The van der Waals surface area contributed by atoms with E-state index in [4.69, 9.17) is 0 Å². The minimum atomic E-state index is -0.734. The molecule has 0 unspecified atom stereocenters. The third-order valence-corrected chi connectivity index (χ3v) is 2.34. The second-order valence-corrected chi connectivity index (χ2v) is 4.03. The van der Waals surface area contributed by atoms with Gasteiger partial charge < -0.3 is 5.32 Å². The van der Waals surface area contributed by atoms with Gasteiger partial charge in [-0.3, -0.25) is 4.79 Å². The van der Waals surface area contributed by atoms with Gasteiger partial charge in [-0.2, -0.15) is 4.39 Å². The maximum absolute atomic E-state index is 13.1. The Kier molecular flexibility index (Phi) is 3.39. The van der Waals surface area contributed by atoms with Gasteiger partial charge in [-0.05, 0) is 32.4 Å². The Labute approximate surface area is 88.7 Å². The van der Waals surface area contributed by atoms with Gasteiger partial charge in [0.2, 0.25) is 5.95 Å². The minimum Gasteiger partial charge on any atom is -0.347 e. The standard InChI is InChI=1S/C11H15FN2O/c1-4-11(2,3)14-10(15)8-6-5-7-13-9(8)12/h5-7H,4H2,1-3H3,(H,14,15). The van der Waals surface area contributed by atoms with Gasteiger partial charge in [0.1, 0.15) is 0 Å². The number of amides is 1. The Morgan fingerprint density at radius 2 is 2.27 bits per heavy atom. The second kappa shape index (κ2) is 4.38. The zero-order valence-corrected chi connectivity index (χ0v) is 9.17. The van der Waals surface area contributed by atoms with Crippen LogP contribution in [0.5, 0.6) is 0 Å². The summed E-state index contributed by atoms with van der Waals surface area (Å²) in [5.74, 6) is -1.16. The highest BCUT2D eigenvalue weighted by molar-refractivity contribution is 5.94. The van der Waals surface area contributed by atoms with Crippen molar-refractivity contribution in [2.24, 2.45) is 0 Å². The molecule has 1 aromatic heterocycles. The first-order valence-electron chi connectivity index (χ1n) is 4.89. The quantitative estimate of drug-likeness (QED) is 0.776. The summed E-state index contributed by atoms with van der Waals surface area (Å²) in [6.45, 7) is 5.73. The Morgan fingerprint density at radius 1 is 1.60 bits per heavy atom. The van der Waals surface area contributed by atoms with E-state index in [1.165, 1.54) is 18.3 Å². The molecule has 1 rings (SSSR count). The zero-order valence-electron chi connectivity index (χ0n) is 9.17. The van der Waals surface area contributed by atoms with Crippen molar-refractivity contribution < 1.29 is 9.18 Å². The van der Waals surface area contributed by atoms with Crippen LogP contribution in [0.4, 0.5) is 4.39 Å². The number of pyridine rings is 1. The number of halogens is 1. The first kappa shape index (κ1) is 11.6. The molecule has 15 heavy (non-hydrogen) atoms. The molecule has 0 aliphatic heterocycles. The van der Waals surface area contributed by atoms with E-state index in [1.807, 2.05) is 20.8 Å². The van der Waals surface area contributed by atoms with Gasteiger partial charge >= 0.3 is 0 Å². The van der Waals surface area contributed by atoms with Crippen molar-refractivity contribution in [3.8, 4) is 0 Å². The maximum Gasteiger partial charge on any atom is 0.256 e. The molecular formula is C11H15FN2O. The van der Waals surface area contributed by atoms with Crippen LogP contribution in [0.15, 0.2) is 18.3 Å². The number of rotatable bonds is 3. The fourth-order valence-electron chi connectivity index (χ4n) is 1.02. The highest BCUT2D eigenvalue weighted by Crippen LogP contribution is 2.10. The van der Waals surface area contributed by atoms with Crippen molar-refractivity contribution >= 4 is 5.91 Å². The van der Waals surface area contributed by atoms with E-state index in [9.17, 15) is 9.18 Å². The van der Waals surface area contributed by atoms with Crippen LogP contribution in [0.25, 0.3) is 0 Å². The molecule has 3 nitrogen and oxygen atoms in total.